The number of para-hydroxylation sites is 1. The molecule has 2 heterocycles. The summed E-state index contributed by atoms with van der Waals surface area (Å²) >= 11 is 5.90. The molecule has 0 amide bonds. The van der Waals surface area contributed by atoms with E-state index >= 15 is 0 Å². The maximum atomic E-state index is 5.90. The summed E-state index contributed by atoms with van der Waals surface area (Å²) in [6.07, 6.45) is 4.76. The lowest BCUT2D eigenvalue weighted by Gasteiger charge is -2.30. The summed E-state index contributed by atoms with van der Waals surface area (Å²) in [5, 5.41) is 1.42. The molecule has 0 N–H and O–H groups in total. The average molecular weight is 263 g/mol. The second-order valence-electron chi connectivity index (χ2n) is 5.22. The van der Waals surface area contributed by atoms with E-state index in [1.807, 2.05) is 0 Å². The smallest absolute Gasteiger partial charge is 0.0738 e. The van der Waals surface area contributed by atoms with E-state index in [1.165, 1.54) is 29.3 Å². The molecular weight excluding hydrogens is 244 g/mol. The van der Waals surface area contributed by atoms with E-state index in [0.717, 1.165) is 13.1 Å². The first kappa shape index (κ1) is 12.1. The minimum Gasteiger partial charge on any atom is -0.350 e. The molecule has 3 heteroatoms. The first-order chi connectivity index (χ1) is 8.79. The molecule has 0 unspecified atom stereocenters. The van der Waals surface area contributed by atoms with Crippen LogP contribution in [0.15, 0.2) is 30.5 Å². The van der Waals surface area contributed by atoms with Crippen molar-refractivity contribution >= 4 is 22.5 Å². The van der Waals surface area contributed by atoms with Gasteiger partial charge in [0.15, 0.2) is 0 Å². The molecule has 96 valence electrons. The van der Waals surface area contributed by atoms with Gasteiger partial charge in [0.25, 0.3) is 0 Å². The average Bonchev–Trinajstić information content (AvgIpc) is 2.77. The van der Waals surface area contributed by atoms with Crippen LogP contribution in [0.3, 0.4) is 0 Å². The quantitative estimate of drug-likeness (QED) is 0.594. The molecule has 0 aliphatic carbocycles. The van der Waals surface area contributed by atoms with Crippen LogP contribution in [-0.2, 0) is 7.05 Å². The van der Waals surface area contributed by atoms with Crippen LogP contribution >= 0.6 is 11.6 Å². The van der Waals surface area contributed by atoms with Gasteiger partial charge in [-0.2, -0.15) is 0 Å². The van der Waals surface area contributed by atoms with Crippen LogP contribution in [0.4, 0.5) is 0 Å². The Bertz CT molecular complexity index is 538. The number of benzene rings is 1. The Kier molecular flexibility index (Phi) is 3.31. The summed E-state index contributed by atoms with van der Waals surface area (Å²) in [6.45, 7) is 2.24. The largest absolute Gasteiger partial charge is 0.350 e. The van der Waals surface area contributed by atoms with E-state index in [-0.39, 0.29) is 0 Å². The van der Waals surface area contributed by atoms with Gasteiger partial charge in [0.2, 0.25) is 0 Å². The van der Waals surface area contributed by atoms with Crippen LogP contribution in [0.1, 0.15) is 24.3 Å². The zero-order valence-electron chi connectivity index (χ0n) is 10.8. The van der Waals surface area contributed by atoms with Gasteiger partial charge in [-0.1, -0.05) is 18.2 Å². The molecule has 0 bridgehead atoms. The van der Waals surface area contributed by atoms with Crippen molar-refractivity contribution in [1.82, 2.24) is 9.47 Å². The molecule has 18 heavy (non-hydrogen) atoms. The monoisotopic (exact) mass is 262 g/mol. The van der Waals surface area contributed by atoms with E-state index in [9.17, 15) is 0 Å². The number of piperidine rings is 1. The molecule has 0 saturated carbocycles. The van der Waals surface area contributed by atoms with Crippen molar-refractivity contribution in [2.24, 2.45) is 7.05 Å². The highest BCUT2D eigenvalue weighted by atomic mass is 35.5. The van der Waals surface area contributed by atoms with Crippen molar-refractivity contribution in [2.75, 3.05) is 19.1 Å². The van der Waals surface area contributed by atoms with Gasteiger partial charge < -0.3 is 4.57 Å². The number of alkyl halides is 1. The summed E-state index contributed by atoms with van der Waals surface area (Å²) in [5.74, 6) is 0.690. The van der Waals surface area contributed by atoms with E-state index in [2.05, 4.69) is 47.0 Å². The lowest BCUT2D eigenvalue weighted by molar-refractivity contribution is 0.244. The fourth-order valence-corrected chi connectivity index (χ4v) is 3.30. The summed E-state index contributed by atoms with van der Waals surface area (Å²) in [4.78, 5) is 2.32. The van der Waals surface area contributed by atoms with E-state index in [4.69, 9.17) is 11.6 Å². The molecule has 1 fully saturated rings. The maximum absolute atomic E-state index is 5.90. The molecule has 1 aliphatic heterocycles. The Balaban J connectivity index is 1.91. The number of fused-ring (bicyclic) bond motifs is 1. The lowest BCUT2D eigenvalue weighted by Crippen LogP contribution is -2.31. The van der Waals surface area contributed by atoms with Gasteiger partial charge in [-0.15, -0.1) is 11.6 Å². The standard InChI is InChI=1S/C15H19ClN2/c1-17-10-14(13-4-2-3-5-15(13)17)12-6-8-18(11-16)9-7-12/h2-5,10,12H,6-9,11H2,1H3. The zero-order chi connectivity index (χ0) is 12.5. The third-order valence-electron chi connectivity index (χ3n) is 4.12. The molecule has 1 aromatic heterocycles. The van der Waals surface area contributed by atoms with Crippen molar-refractivity contribution in [3.05, 3.63) is 36.0 Å². The Morgan fingerprint density at radius 1 is 1.22 bits per heavy atom. The predicted octanol–water partition coefficient (Wildman–Crippen LogP) is 3.55. The van der Waals surface area contributed by atoms with Crippen LogP contribution in [0.25, 0.3) is 10.9 Å². The van der Waals surface area contributed by atoms with Crippen molar-refractivity contribution in [1.29, 1.82) is 0 Å². The number of nitrogens with zero attached hydrogens (tertiary/aromatic N) is 2. The number of halogens is 1. The highest BCUT2D eigenvalue weighted by Gasteiger charge is 2.22. The molecule has 1 aromatic carbocycles. The highest BCUT2D eigenvalue weighted by Crippen LogP contribution is 2.33. The molecule has 3 rings (SSSR count). The number of rotatable bonds is 2. The number of likely N-dealkylation sites (tertiary alicyclic amines) is 1. The lowest BCUT2D eigenvalue weighted by atomic mass is 9.89. The van der Waals surface area contributed by atoms with Crippen LogP contribution in [0.5, 0.6) is 0 Å². The second kappa shape index (κ2) is 4.94. The zero-order valence-corrected chi connectivity index (χ0v) is 11.5. The molecule has 1 aliphatic rings. The van der Waals surface area contributed by atoms with Crippen molar-refractivity contribution in [3.63, 3.8) is 0 Å². The van der Waals surface area contributed by atoms with E-state index in [1.54, 1.807) is 0 Å². The fourth-order valence-electron chi connectivity index (χ4n) is 3.06. The third kappa shape index (κ3) is 2.04. The Labute approximate surface area is 113 Å². The number of hydrogen-bond donors (Lipinski definition) is 0. The van der Waals surface area contributed by atoms with Gasteiger partial charge in [-0.3, -0.25) is 4.90 Å². The van der Waals surface area contributed by atoms with Crippen molar-refractivity contribution in [3.8, 4) is 0 Å². The topological polar surface area (TPSA) is 8.17 Å². The van der Waals surface area contributed by atoms with Gasteiger partial charge in [-0.25, -0.2) is 0 Å². The number of hydrogen-bond acceptors (Lipinski definition) is 1. The van der Waals surface area contributed by atoms with Crippen molar-refractivity contribution < 1.29 is 0 Å². The van der Waals surface area contributed by atoms with Crippen LogP contribution in [0.2, 0.25) is 0 Å². The van der Waals surface area contributed by atoms with Gasteiger partial charge >= 0.3 is 0 Å². The molecule has 0 spiro atoms. The van der Waals surface area contributed by atoms with E-state index in [0.29, 0.717) is 11.9 Å². The van der Waals surface area contributed by atoms with Crippen LogP contribution in [-0.4, -0.2) is 28.6 Å². The highest BCUT2D eigenvalue weighted by molar-refractivity contribution is 6.17. The normalized spacial score (nSPS) is 18.6. The fraction of sp³-hybridized carbons (Fsp3) is 0.467. The molecule has 1 saturated heterocycles. The Morgan fingerprint density at radius 3 is 2.67 bits per heavy atom. The Hall–Kier alpha value is -0.990. The minimum atomic E-state index is 0.669. The number of aryl methyl sites for hydroxylation is 1. The van der Waals surface area contributed by atoms with Gasteiger partial charge in [0, 0.05) is 24.1 Å². The van der Waals surface area contributed by atoms with Gasteiger partial charge in [-0.05, 0) is 43.5 Å². The first-order valence-corrected chi connectivity index (χ1v) is 7.15. The summed E-state index contributed by atoms with van der Waals surface area (Å²) in [5.41, 5.74) is 2.86. The molecule has 2 aromatic rings. The summed E-state index contributed by atoms with van der Waals surface area (Å²) in [7, 11) is 2.14. The van der Waals surface area contributed by atoms with Gasteiger partial charge in [0.05, 0.1) is 6.00 Å². The molecule has 0 radical (unpaired) electrons. The first-order valence-electron chi connectivity index (χ1n) is 6.62. The number of aromatic nitrogens is 1. The molecule has 2 nitrogen and oxygen atoms in total. The predicted molar refractivity (Wildman–Crippen MR) is 77.2 cm³/mol. The summed E-state index contributed by atoms with van der Waals surface area (Å²) in [6, 6.07) is 9.37. The minimum absolute atomic E-state index is 0.669. The third-order valence-corrected chi connectivity index (χ3v) is 4.46. The van der Waals surface area contributed by atoms with Gasteiger partial charge in [0.1, 0.15) is 0 Å². The van der Waals surface area contributed by atoms with E-state index < -0.39 is 0 Å². The molecule has 0 atom stereocenters. The SMILES string of the molecule is Cn1cc(C2CCN(CCl)CC2)c2ccccc21. The maximum Gasteiger partial charge on any atom is 0.0738 e. The summed E-state index contributed by atoms with van der Waals surface area (Å²) < 4.78 is 2.25. The second-order valence-corrected chi connectivity index (χ2v) is 5.46. The molecular formula is C15H19ClN2. The Morgan fingerprint density at radius 2 is 1.94 bits per heavy atom. The van der Waals surface area contributed by atoms with Crippen LogP contribution in [0, 0.1) is 0 Å². The van der Waals surface area contributed by atoms with Crippen molar-refractivity contribution in [2.45, 2.75) is 18.8 Å². The van der Waals surface area contributed by atoms with Crippen LogP contribution < -0.4 is 0 Å².